The van der Waals surface area contributed by atoms with Crippen LogP contribution in [0.5, 0.6) is 0 Å². The number of rotatable bonds is 5. The number of halogens is 1. The number of carbonyl (C=O) groups is 2. The van der Waals surface area contributed by atoms with E-state index in [4.69, 9.17) is 5.11 Å². The van der Waals surface area contributed by atoms with Crippen LogP contribution in [0.25, 0.3) is 0 Å². The first-order valence-electron chi connectivity index (χ1n) is 4.84. The number of hydrogen-bond donors (Lipinski definition) is 2. The van der Waals surface area contributed by atoms with Crippen molar-refractivity contribution in [1.29, 1.82) is 0 Å². The van der Waals surface area contributed by atoms with Gasteiger partial charge in [-0.25, -0.2) is 0 Å². The van der Waals surface area contributed by atoms with Crippen LogP contribution >= 0.6 is 27.7 Å². The van der Waals surface area contributed by atoms with Gasteiger partial charge in [0.15, 0.2) is 0 Å². The van der Waals surface area contributed by atoms with Gasteiger partial charge in [-0.2, -0.15) is 0 Å². The molecule has 1 amide bonds. The van der Waals surface area contributed by atoms with Crippen LogP contribution in [-0.2, 0) is 9.59 Å². The monoisotopic (exact) mass is 317 g/mol. The lowest BCUT2D eigenvalue weighted by atomic mass is 10.2. The maximum Gasteiger partial charge on any atom is 0.313 e. The number of hydrogen-bond acceptors (Lipinski definition) is 3. The number of aliphatic carboxylic acids is 1. The van der Waals surface area contributed by atoms with Crippen LogP contribution < -0.4 is 5.32 Å². The van der Waals surface area contributed by atoms with Gasteiger partial charge in [0.05, 0.1) is 11.5 Å². The molecule has 4 nitrogen and oxygen atoms in total. The molecule has 6 heteroatoms. The smallest absolute Gasteiger partial charge is 0.313 e. The highest BCUT2D eigenvalue weighted by Crippen LogP contribution is 2.19. The lowest BCUT2D eigenvalue weighted by Crippen LogP contribution is -2.15. The van der Waals surface area contributed by atoms with Crippen molar-refractivity contribution in [3.63, 3.8) is 0 Å². The van der Waals surface area contributed by atoms with Gasteiger partial charge in [-0.1, -0.05) is 15.9 Å². The van der Waals surface area contributed by atoms with Crippen molar-refractivity contribution in [2.75, 3.05) is 16.8 Å². The zero-order valence-electron chi connectivity index (χ0n) is 9.20. The molecule has 17 heavy (non-hydrogen) atoms. The summed E-state index contributed by atoms with van der Waals surface area (Å²) in [5, 5.41) is 11.1. The van der Waals surface area contributed by atoms with Gasteiger partial charge in [-0.05, 0) is 30.7 Å². The van der Waals surface area contributed by atoms with Crippen molar-refractivity contribution < 1.29 is 14.7 Å². The van der Waals surface area contributed by atoms with Gasteiger partial charge in [0.25, 0.3) is 0 Å². The fourth-order valence-electron chi connectivity index (χ4n) is 1.24. The number of nitrogens with one attached hydrogen (secondary N) is 1. The van der Waals surface area contributed by atoms with Crippen molar-refractivity contribution in [3.8, 4) is 0 Å². The third kappa shape index (κ3) is 5.74. The molecule has 0 spiro atoms. The lowest BCUT2D eigenvalue weighted by molar-refractivity contribution is -0.133. The van der Waals surface area contributed by atoms with Crippen LogP contribution in [0.4, 0.5) is 5.69 Å². The van der Waals surface area contributed by atoms with Crippen LogP contribution in [0.1, 0.15) is 5.56 Å². The first-order valence-corrected chi connectivity index (χ1v) is 6.79. The average molecular weight is 318 g/mol. The Kier molecular flexibility index (Phi) is 5.50. The molecular weight excluding hydrogens is 306 g/mol. The minimum atomic E-state index is -0.916. The van der Waals surface area contributed by atoms with Crippen LogP contribution in [0.15, 0.2) is 22.7 Å². The SMILES string of the molecule is Cc1cc(Br)cc(NC(=O)CSCC(=O)O)c1. The van der Waals surface area contributed by atoms with E-state index in [1.807, 2.05) is 19.1 Å². The molecule has 0 saturated carbocycles. The number of carboxylic acids is 1. The highest BCUT2D eigenvalue weighted by Gasteiger charge is 2.05. The summed E-state index contributed by atoms with van der Waals surface area (Å²) in [5.74, 6) is -1.04. The van der Waals surface area contributed by atoms with Crippen molar-refractivity contribution in [3.05, 3.63) is 28.2 Å². The third-order valence-electron chi connectivity index (χ3n) is 1.78. The number of benzene rings is 1. The Morgan fingerprint density at radius 1 is 1.35 bits per heavy atom. The van der Waals surface area contributed by atoms with Gasteiger partial charge < -0.3 is 10.4 Å². The summed E-state index contributed by atoms with van der Waals surface area (Å²) < 4.78 is 0.894. The molecule has 0 aliphatic heterocycles. The van der Waals surface area contributed by atoms with Gasteiger partial charge >= 0.3 is 5.97 Å². The molecule has 1 aromatic carbocycles. The van der Waals surface area contributed by atoms with E-state index < -0.39 is 5.97 Å². The van der Waals surface area contributed by atoms with Gasteiger partial charge in [0.1, 0.15) is 0 Å². The summed E-state index contributed by atoms with van der Waals surface area (Å²) in [7, 11) is 0. The van der Waals surface area contributed by atoms with E-state index in [0.29, 0.717) is 5.69 Å². The molecule has 1 rings (SSSR count). The number of carbonyl (C=O) groups excluding carboxylic acids is 1. The van der Waals surface area contributed by atoms with Gasteiger partial charge in [0, 0.05) is 10.2 Å². The molecule has 0 unspecified atom stereocenters. The molecular formula is C11H12BrNO3S. The molecule has 0 saturated heterocycles. The topological polar surface area (TPSA) is 66.4 Å². The standard InChI is InChI=1S/C11H12BrNO3S/c1-7-2-8(12)4-9(3-7)13-10(14)5-17-6-11(15)16/h2-4H,5-6H2,1H3,(H,13,14)(H,15,16). The van der Waals surface area contributed by atoms with Crippen molar-refractivity contribution in [2.45, 2.75) is 6.92 Å². The Morgan fingerprint density at radius 2 is 2.06 bits per heavy atom. The Morgan fingerprint density at radius 3 is 2.65 bits per heavy atom. The van der Waals surface area contributed by atoms with E-state index in [-0.39, 0.29) is 17.4 Å². The molecule has 0 atom stereocenters. The molecule has 1 aromatic rings. The molecule has 0 fully saturated rings. The number of amides is 1. The maximum atomic E-state index is 11.5. The second-order valence-electron chi connectivity index (χ2n) is 3.45. The predicted molar refractivity (Wildman–Crippen MR) is 72.5 cm³/mol. The van der Waals surface area contributed by atoms with Crippen LogP contribution in [-0.4, -0.2) is 28.5 Å². The molecule has 92 valence electrons. The summed E-state index contributed by atoms with van der Waals surface area (Å²) in [6, 6.07) is 5.59. The predicted octanol–water partition coefficient (Wildman–Crippen LogP) is 2.51. The van der Waals surface area contributed by atoms with Crippen molar-refractivity contribution in [2.24, 2.45) is 0 Å². The summed E-state index contributed by atoms with van der Waals surface area (Å²) in [5.41, 5.74) is 1.74. The average Bonchev–Trinajstić information content (AvgIpc) is 2.14. The molecule has 0 bridgehead atoms. The molecule has 0 radical (unpaired) electrons. The number of thioether (sulfide) groups is 1. The summed E-state index contributed by atoms with van der Waals surface area (Å²) in [4.78, 5) is 21.7. The first-order chi connectivity index (χ1) is 7.97. The molecule has 0 aromatic heterocycles. The van der Waals surface area contributed by atoms with Crippen molar-refractivity contribution >= 4 is 45.3 Å². The Balaban J connectivity index is 2.47. The second-order valence-corrected chi connectivity index (χ2v) is 5.35. The van der Waals surface area contributed by atoms with E-state index in [9.17, 15) is 9.59 Å². The van der Waals surface area contributed by atoms with E-state index in [1.165, 1.54) is 0 Å². The Bertz CT molecular complexity index is 416. The zero-order chi connectivity index (χ0) is 12.8. The van der Waals surface area contributed by atoms with E-state index in [2.05, 4.69) is 21.2 Å². The normalized spacial score (nSPS) is 10.0. The van der Waals surface area contributed by atoms with E-state index in [0.717, 1.165) is 21.8 Å². The zero-order valence-corrected chi connectivity index (χ0v) is 11.6. The molecule has 0 aliphatic rings. The summed E-state index contributed by atoms with van der Waals surface area (Å²) >= 11 is 4.41. The quantitative estimate of drug-likeness (QED) is 0.875. The van der Waals surface area contributed by atoms with E-state index >= 15 is 0 Å². The lowest BCUT2D eigenvalue weighted by Gasteiger charge is -2.06. The Hall–Kier alpha value is -1.01. The van der Waals surface area contributed by atoms with Crippen LogP contribution in [0, 0.1) is 6.92 Å². The Labute approximate surface area is 112 Å². The summed E-state index contributed by atoms with van der Waals surface area (Å²) in [6.07, 6.45) is 0. The van der Waals surface area contributed by atoms with Gasteiger partial charge in [-0.3, -0.25) is 9.59 Å². The minimum Gasteiger partial charge on any atom is -0.481 e. The second kappa shape index (κ2) is 6.66. The minimum absolute atomic E-state index is 0.0646. The number of carboxylic acid groups (broad SMARTS) is 1. The number of anilines is 1. The molecule has 0 aliphatic carbocycles. The van der Waals surface area contributed by atoms with Crippen molar-refractivity contribution in [1.82, 2.24) is 0 Å². The van der Waals surface area contributed by atoms with Gasteiger partial charge in [0.2, 0.25) is 5.91 Å². The fraction of sp³-hybridized carbons (Fsp3) is 0.273. The third-order valence-corrected chi connectivity index (χ3v) is 3.16. The van der Waals surface area contributed by atoms with Crippen LogP contribution in [0.2, 0.25) is 0 Å². The van der Waals surface area contributed by atoms with Crippen LogP contribution in [0.3, 0.4) is 0 Å². The first kappa shape index (κ1) is 14.1. The fourth-order valence-corrected chi connectivity index (χ4v) is 2.38. The van der Waals surface area contributed by atoms with E-state index in [1.54, 1.807) is 6.07 Å². The highest BCUT2D eigenvalue weighted by atomic mass is 79.9. The molecule has 0 heterocycles. The summed E-state index contributed by atoms with van der Waals surface area (Å²) in [6.45, 7) is 1.93. The van der Waals surface area contributed by atoms with Gasteiger partial charge in [-0.15, -0.1) is 11.8 Å². The molecule has 2 N–H and O–H groups in total. The highest BCUT2D eigenvalue weighted by molar-refractivity contribution is 9.10. The largest absolute Gasteiger partial charge is 0.481 e. The maximum absolute atomic E-state index is 11.5. The number of aryl methyl sites for hydroxylation is 1.